The molecule has 162 valence electrons. The van der Waals surface area contributed by atoms with Gasteiger partial charge in [0.25, 0.3) is 0 Å². The summed E-state index contributed by atoms with van der Waals surface area (Å²) < 4.78 is 80.6. The number of hydrogen-bond donors (Lipinski definition) is 0. The first kappa shape index (κ1) is 20.3. The topological polar surface area (TPSA) is 17.1 Å². The molecule has 0 N–H and O–H groups in total. The average molecular weight is 436 g/mol. The molecule has 1 nitrogen and oxygen atoms in total. The highest BCUT2D eigenvalue weighted by Gasteiger charge is 2.57. The lowest BCUT2D eigenvalue weighted by Crippen LogP contribution is -2.24. The molecule has 3 aliphatic carbocycles. The lowest BCUT2D eigenvalue weighted by molar-refractivity contribution is -0.143. The standard InChI is InChI=1S/C24H18F6O/c25-23(26,27)16-9-15(10-17(11-16)24(28,29)30)21-18(12-4-2-1-3-5-12)19-13-6-7-14(8-13)20(19)22(21)31/h1-5,9-11,13-14,19-20H,6-8H2/t13-,14+,19?,20?/m1/s1. The van der Waals surface area contributed by atoms with Gasteiger partial charge in [-0.3, -0.25) is 4.79 Å². The Bertz CT molecular complexity index is 1050. The van der Waals surface area contributed by atoms with Gasteiger partial charge in [0.1, 0.15) is 0 Å². The van der Waals surface area contributed by atoms with Gasteiger partial charge in [-0.15, -0.1) is 0 Å². The summed E-state index contributed by atoms with van der Waals surface area (Å²) in [5, 5.41) is 0. The van der Waals surface area contributed by atoms with Crippen LogP contribution in [0.15, 0.2) is 48.5 Å². The Labute approximate surface area is 174 Å². The highest BCUT2D eigenvalue weighted by molar-refractivity contribution is 6.33. The van der Waals surface area contributed by atoms with Crippen LogP contribution in [0.5, 0.6) is 0 Å². The van der Waals surface area contributed by atoms with Crippen LogP contribution in [0.25, 0.3) is 11.1 Å². The molecular formula is C24H18F6O. The van der Waals surface area contributed by atoms with Crippen LogP contribution in [0, 0.1) is 23.7 Å². The molecule has 0 aliphatic heterocycles. The molecule has 5 rings (SSSR count). The summed E-state index contributed by atoms with van der Waals surface area (Å²) in [5.74, 6) is -0.435. The van der Waals surface area contributed by atoms with E-state index >= 15 is 0 Å². The van der Waals surface area contributed by atoms with Crippen LogP contribution in [0.3, 0.4) is 0 Å². The van der Waals surface area contributed by atoms with Crippen molar-refractivity contribution in [2.75, 3.05) is 0 Å². The van der Waals surface area contributed by atoms with Gasteiger partial charge in [-0.2, -0.15) is 26.3 Å². The van der Waals surface area contributed by atoms with Crippen LogP contribution in [0.1, 0.15) is 41.5 Å². The molecule has 0 aromatic heterocycles. The van der Waals surface area contributed by atoms with Crippen molar-refractivity contribution in [3.05, 3.63) is 70.8 Å². The normalized spacial score (nSPS) is 27.9. The molecule has 2 saturated carbocycles. The average Bonchev–Trinajstić information content (AvgIpc) is 3.39. The van der Waals surface area contributed by atoms with Crippen molar-refractivity contribution in [3.8, 4) is 0 Å². The van der Waals surface area contributed by atoms with Crippen molar-refractivity contribution < 1.29 is 31.1 Å². The fraction of sp³-hybridized carbons (Fsp3) is 0.375. The summed E-state index contributed by atoms with van der Waals surface area (Å²) in [6.07, 6.45) is -7.22. The number of benzene rings is 2. The number of ketones is 1. The Balaban J connectivity index is 1.77. The fourth-order valence-electron chi connectivity index (χ4n) is 5.90. The van der Waals surface area contributed by atoms with Crippen molar-refractivity contribution in [1.82, 2.24) is 0 Å². The van der Waals surface area contributed by atoms with E-state index in [2.05, 4.69) is 0 Å². The number of carbonyl (C=O) groups is 1. The highest BCUT2D eigenvalue weighted by Crippen LogP contribution is 2.62. The van der Waals surface area contributed by atoms with E-state index in [1.54, 1.807) is 30.3 Å². The SMILES string of the molecule is O=C1C(c2cc(C(F)(F)F)cc(C(F)(F)F)c2)=C(c2ccccc2)C2C1[C@H]1CC[C@@H]2C1. The quantitative estimate of drug-likeness (QED) is 0.469. The summed E-state index contributed by atoms with van der Waals surface area (Å²) >= 11 is 0. The lowest BCUT2D eigenvalue weighted by atomic mass is 9.77. The van der Waals surface area contributed by atoms with Crippen molar-refractivity contribution in [3.63, 3.8) is 0 Å². The van der Waals surface area contributed by atoms with E-state index in [4.69, 9.17) is 0 Å². The minimum absolute atomic E-state index is 0.0226. The number of rotatable bonds is 2. The molecule has 3 aliphatic rings. The van der Waals surface area contributed by atoms with Gasteiger partial charge in [0, 0.05) is 11.5 Å². The molecular weight excluding hydrogens is 418 g/mol. The molecule has 4 atom stereocenters. The second-order valence-corrected chi connectivity index (χ2v) is 8.70. The van der Waals surface area contributed by atoms with E-state index in [1.807, 2.05) is 0 Å². The molecule has 0 radical (unpaired) electrons. The van der Waals surface area contributed by atoms with Gasteiger partial charge in [-0.05, 0) is 71.9 Å². The number of hydrogen-bond acceptors (Lipinski definition) is 1. The summed E-state index contributed by atoms with van der Waals surface area (Å²) in [6.45, 7) is 0. The highest BCUT2D eigenvalue weighted by atomic mass is 19.4. The molecule has 0 saturated heterocycles. The number of allylic oxidation sites excluding steroid dienone is 2. The number of carbonyl (C=O) groups excluding carboxylic acids is 1. The Morgan fingerprint density at radius 2 is 1.26 bits per heavy atom. The number of alkyl halides is 6. The molecule has 7 heteroatoms. The summed E-state index contributed by atoms with van der Waals surface area (Å²) in [5.41, 5.74) is -1.77. The van der Waals surface area contributed by atoms with Gasteiger partial charge in [-0.1, -0.05) is 30.3 Å². The van der Waals surface area contributed by atoms with Crippen LogP contribution in [0.4, 0.5) is 26.3 Å². The van der Waals surface area contributed by atoms with E-state index in [9.17, 15) is 31.1 Å². The smallest absolute Gasteiger partial charge is 0.294 e. The van der Waals surface area contributed by atoms with Gasteiger partial charge in [0.15, 0.2) is 5.78 Å². The zero-order valence-electron chi connectivity index (χ0n) is 16.2. The first-order chi connectivity index (χ1) is 14.6. The van der Waals surface area contributed by atoms with Crippen molar-refractivity contribution >= 4 is 16.9 Å². The molecule has 2 aromatic rings. The molecule has 0 spiro atoms. The third-order valence-corrected chi connectivity index (χ3v) is 7.03. The van der Waals surface area contributed by atoms with Crippen LogP contribution in [-0.2, 0) is 17.1 Å². The minimum atomic E-state index is -4.96. The van der Waals surface area contributed by atoms with Crippen molar-refractivity contribution in [2.45, 2.75) is 31.6 Å². The Morgan fingerprint density at radius 1 is 0.710 bits per heavy atom. The maximum atomic E-state index is 13.5. The van der Waals surface area contributed by atoms with E-state index in [-0.39, 0.29) is 46.7 Å². The van der Waals surface area contributed by atoms with Crippen LogP contribution < -0.4 is 0 Å². The zero-order chi connectivity index (χ0) is 22.1. The first-order valence-corrected chi connectivity index (χ1v) is 10.2. The van der Waals surface area contributed by atoms with Gasteiger partial charge >= 0.3 is 12.4 Å². The predicted octanol–water partition coefficient (Wildman–Crippen LogP) is 6.88. The maximum Gasteiger partial charge on any atom is 0.416 e. The summed E-state index contributed by atoms with van der Waals surface area (Å²) in [6, 6.07) is 10.3. The predicted molar refractivity (Wildman–Crippen MR) is 103 cm³/mol. The second-order valence-electron chi connectivity index (χ2n) is 8.70. The third-order valence-electron chi connectivity index (χ3n) is 7.03. The summed E-state index contributed by atoms with van der Waals surface area (Å²) in [4.78, 5) is 13.5. The van der Waals surface area contributed by atoms with Crippen LogP contribution >= 0.6 is 0 Å². The van der Waals surface area contributed by atoms with Gasteiger partial charge in [-0.25, -0.2) is 0 Å². The van der Waals surface area contributed by atoms with E-state index in [1.165, 1.54) is 0 Å². The first-order valence-electron chi connectivity index (χ1n) is 10.2. The summed E-state index contributed by atoms with van der Waals surface area (Å²) in [7, 11) is 0. The Kier molecular flexibility index (Phi) is 4.40. The monoisotopic (exact) mass is 436 g/mol. The van der Waals surface area contributed by atoms with E-state index in [0.29, 0.717) is 23.3 Å². The van der Waals surface area contributed by atoms with Crippen molar-refractivity contribution in [1.29, 1.82) is 0 Å². The fourth-order valence-corrected chi connectivity index (χ4v) is 5.90. The molecule has 0 amide bonds. The van der Waals surface area contributed by atoms with E-state index < -0.39 is 23.5 Å². The van der Waals surface area contributed by atoms with Crippen molar-refractivity contribution in [2.24, 2.45) is 23.7 Å². The molecule has 2 unspecified atom stereocenters. The van der Waals surface area contributed by atoms with Gasteiger partial charge < -0.3 is 0 Å². The lowest BCUT2D eigenvalue weighted by Gasteiger charge is -2.26. The number of fused-ring (bicyclic) bond motifs is 5. The van der Waals surface area contributed by atoms with E-state index in [0.717, 1.165) is 19.3 Å². The number of halogens is 6. The van der Waals surface area contributed by atoms with Gasteiger partial charge in [0.2, 0.25) is 0 Å². The zero-order valence-corrected chi connectivity index (χ0v) is 16.2. The maximum absolute atomic E-state index is 13.5. The minimum Gasteiger partial charge on any atom is -0.294 e. The van der Waals surface area contributed by atoms with Gasteiger partial charge in [0.05, 0.1) is 11.1 Å². The Hall–Kier alpha value is -2.57. The van der Waals surface area contributed by atoms with Crippen LogP contribution in [-0.4, -0.2) is 5.78 Å². The molecule has 0 heterocycles. The molecule has 2 aromatic carbocycles. The largest absolute Gasteiger partial charge is 0.416 e. The third kappa shape index (κ3) is 3.20. The molecule has 31 heavy (non-hydrogen) atoms. The Morgan fingerprint density at radius 3 is 1.81 bits per heavy atom. The molecule has 2 fully saturated rings. The van der Waals surface area contributed by atoms with Crippen LogP contribution in [0.2, 0.25) is 0 Å². The number of Topliss-reactive ketones (excluding diaryl/α,β-unsaturated/α-hetero) is 1. The second kappa shape index (κ2) is 6.71. The molecule has 2 bridgehead atoms.